The number of ether oxygens (including phenoxy) is 1. The van der Waals surface area contributed by atoms with Gasteiger partial charge in [-0.3, -0.25) is 4.79 Å². The van der Waals surface area contributed by atoms with Crippen LogP contribution in [0.25, 0.3) is 0 Å². The maximum Gasteiger partial charge on any atom is 0.310 e. The standard InChI is InChI=1S/C9H11ClN2O2/c1-3-14-8(13)4-7-5-11-9(10)12-6(7)2/h5H,3-4H2,1-2H3. The predicted octanol–water partition coefficient (Wildman–Crippen LogP) is 1.54. The van der Waals surface area contributed by atoms with Crippen LogP contribution < -0.4 is 0 Å². The van der Waals surface area contributed by atoms with E-state index in [1.165, 1.54) is 0 Å². The molecule has 0 aliphatic heterocycles. The summed E-state index contributed by atoms with van der Waals surface area (Å²) in [5.74, 6) is -0.276. The topological polar surface area (TPSA) is 52.1 Å². The largest absolute Gasteiger partial charge is 0.466 e. The molecule has 1 rings (SSSR count). The summed E-state index contributed by atoms with van der Waals surface area (Å²) < 4.78 is 4.80. The van der Waals surface area contributed by atoms with Crippen molar-refractivity contribution in [3.63, 3.8) is 0 Å². The Bertz CT molecular complexity index is 342. The van der Waals surface area contributed by atoms with Crippen LogP contribution in [0.2, 0.25) is 5.28 Å². The van der Waals surface area contributed by atoms with Crippen LogP contribution in [-0.2, 0) is 16.0 Å². The molecule has 0 saturated carbocycles. The summed E-state index contributed by atoms with van der Waals surface area (Å²) in [6.07, 6.45) is 1.73. The average molecular weight is 215 g/mol. The Morgan fingerprint density at radius 1 is 1.64 bits per heavy atom. The number of carbonyl (C=O) groups is 1. The van der Waals surface area contributed by atoms with Crippen LogP contribution in [0.3, 0.4) is 0 Å². The number of hydrogen-bond acceptors (Lipinski definition) is 4. The quantitative estimate of drug-likeness (QED) is 0.566. The molecule has 0 fully saturated rings. The van der Waals surface area contributed by atoms with Crippen LogP contribution in [0.15, 0.2) is 6.20 Å². The molecule has 0 bridgehead atoms. The first-order valence-electron chi connectivity index (χ1n) is 4.27. The van der Waals surface area contributed by atoms with Crippen LogP contribution in [0.5, 0.6) is 0 Å². The van der Waals surface area contributed by atoms with Gasteiger partial charge in [0, 0.05) is 17.5 Å². The summed E-state index contributed by atoms with van der Waals surface area (Å²) in [4.78, 5) is 18.9. The van der Waals surface area contributed by atoms with Gasteiger partial charge in [-0.1, -0.05) is 0 Å². The SMILES string of the molecule is CCOC(=O)Cc1cnc(Cl)nc1C. The zero-order chi connectivity index (χ0) is 10.6. The van der Waals surface area contributed by atoms with Crippen molar-refractivity contribution in [2.75, 3.05) is 6.61 Å². The van der Waals surface area contributed by atoms with Gasteiger partial charge < -0.3 is 4.74 Å². The van der Waals surface area contributed by atoms with E-state index in [2.05, 4.69) is 9.97 Å². The molecule has 1 heterocycles. The van der Waals surface area contributed by atoms with Crippen LogP contribution in [0.1, 0.15) is 18.2 Å². The van der Waals surface area contributed by atoms with E-state index in [0.29, 0.717) is 12.3 Å². The fourth-order valence-electron chi connectivity index (χ4n) is 1.00. The number of halogens is 1. The van der Waals surface area contributed by atoms with Gasteiger partial charge in [-0.25, -0.2) is 9.97 Å². The highest BCUT2D eigenvalue weighted by atomic mass is 35.5. The Kier molecular flexibility index (Phi) is 3.83. The highest BCUT2D eigenvalue weighted by Crippen LogP contribution is 2.08. The third-order valence-corrected chi connectivity index (χ3v) is 1.87. The number of hydrogen-bond donors (Lipinski definition) is 0. The molecule has 5 heteroatoms. The molecule has 0 N–H and O–H groups in total. The van der Waals surface area contributed by atoms with Crippen LogP contribution in [0.4, 0.5) is 0 Å². The van der Waals surface area contributed by atoms with Gasteiger partial charge in [0.1, 0.15) is 0 Å². The molecule has 0 spiro atoms. The molecule has 14 heavy (non-hydrogen) atoms. The van der Waals surface area contributed by atoms with Gasteiger partial charge in [-0.05, 0) is 25.4 Å². The molecule has 0 amide bonds. The number of esters is 1. The predicted molar refractivity (Wildman–Crippen MR) is 52.1 cm³/mol. The van der Waals surface area contributed by atoms with E-state index in [4.69, 9.17) is 16.3 Å². The van der Waals surface area contributed by atoms with E-state index in [-0.39, 0.29) is 17.7 Å². The lowest BCUT2D eigenvalue weighted by molar-refractivity contribution is -0.142. The van der Waals surface area contributed by atoms with Crippen molar-refractivity contribution in [1.29, 1.82) is 0 Å². The first-order chi connectivity index (χ1) is 6.63. The lowest BCUT2D eigenvalue weighted by Crippen LogP contribution is -2.09. The van der Waals surface area contributed by atoms with Gasteiger partial charge in [0.05, 0.1) is 13.0 Å². The second-order valence-corrected chi connectivity index (χ2v) is 3.07. The minimum atomic E-state index is -0.276. The van der Waals surface area contributed by atoms with E-state index in [0.717, 1.165) is 5.56 Å². The van der Waals surface area contributed by atoms with Gasteiger partial charge in [0.15, 0.2) is 0 Å². The van der Waals surface area contributed by atoms with Gasteiger partial charge in [0.2, 0.25) is 5.28 Å². The summed E-state index contributed by atoms with van der Waals surface area (Å²) in [5, 5.41) is 0.190. The molecule has 0 unspecified atom stereocenters. The van der Waals surface area contributed by atoms with Gasteiger partial charge >= 0.3 is 5.97 Å². The van der Waals surface area contributed by atoms with E-state index in [1.807, 2.05) is 0 Å². The van der Waals surface area contributed by atoms with Crippen molar-refractivity contribution in [1.82, 2.24) is 9.97 Å². The summed E-state index contributed by atoms with van der Waals surface area (Å²) in [7, 11) is 0. The first-order valence-corrected chi connectivity index (χ1v) is 4.65. The zero-order valence-corrected chi connectivity index (χ0v) is 8.84. The number of aromatic nitrogens is 2. The number of nitrogens with zero attached hydrogens (tertiary/aromatic N) is 2. The maximum absolute atomic E-state index is 11.1. The Labute approximate surface area is 87.3 Å². The van der Waals surface area contributed by atoms with Crippen LogP contribution in [0, 0.1) is 6.92 Å². The lowest BCUT2D eigenvalue weighted by Gasteiger charge is -2.04. The number of aryl methyl sites for hydroxylation is 1. The Morgan fingerprint density at radius 2 is 2.36 bits per heavy atom. The molecule has 0 aliphatic carbocycles. The molecule has 1 aromatic heterocycles. The Hall–Kier alpha value is -1.16. The van der Waals surface area contributed by atoms with E-state index >= 15 is 0 Å². The average Bonchev–Trinajstić information content (AvgIpc) is 2.10. The fourth-order valence-corrected chi connectivity index (χ4v) is 1.18. The molecule has 0 aliphatic rings. The fraction of sp³-hybridized carbons (Fsp3) is 0.444. The van der Waals surface area contributed by atoms with Crippen molar-refractivity contribution >= 4 is 17.6 Å². The van der Waals surface area contributed by atoms with Crippen molar-refractivity contribution < 1.29 is 9.53 Å². The third kappa shape index (κ3) is 2.96. The molecule has 1 aromatic rings. The summed E-state index contributed by atoms with van der Waals surface area (Å²) in [5.41, 5.74) is 1.45. The molecule has 4 nitrogen and oxygen atoms in total. The molecular formula is C9H11ClN2O2. The monoisotopic (exact) mass is 214 g/mol. The summed E-state index contributed by atoms with van der Waals surface area (Å²) >= 11 is 5.58. The highest BCUT2D eigenvalue weighted by molar-refractivity contribution is 6.28. The molecule has 0 saturated heterocycles. The Morgan fingerprint density at radius 3 is 2.93 bits per heavy atom. The molecule has 0 atom stereocenters. The summed E-state index contributed by atoms with van der Waals surface area (Å²) in [6, 6.07) is 0. The lowest BCUT2D eigenvalue weighted by atomic mass is 10.2. The summed E-state index contributed by atoms with van der Waals surface area (Å²) in [6.45, 7) is 3.93. The molecule has 76 valence electrons. The number of rotatable bonds is 3. The van der Waals surface area contributed by atoms with Crippen molar-refractivity contribution in [3.05, 3.63) is 22.7 Å². The van der Waals surface area contributed by atoms with E-state index in [1.54, 1.807) is 20.0 Å². The zero-order valence-electron chi connectivity index (χ0n) is 8.08. The normalized spacial score (nSPS) is 9.93. The van der Waals surface area contributed by atoms with E-state index < -0.39 is 0 Å². The van der Waals surface area contributed by atoms with Gasteiger partial charge in [-0.2, -0.15) is 0 Å². The molecule has 0 radical (unpaired) electrons. The van der Waals surface area contributed by atoms with Crippen molar-refractivity contribution in [3.8, 4) is 0 Å². The second-order valence-electron chi connectivity index (χ2n) is 2.73. The minimum absolute atomic E-state index is 0.190. The molecular weight excluding hydrogens is 204 g/mol. The first kappa shape index (κ1) is 10.9. The van der Waals surface area contributed by atoms with Crippen molar-refractivity contribution in [2.45, 2.75) is 20.3 Å². The Balaban J connectivity index is 2.72. The minimum Gasteiger partial charge on any atom is -0.466 e. The second kappa shape index (κ2) is 4.91. The maximum atomic E-state index is 11.1. The van der Waals surface area contributed by atoms with Gasteiger partial charge in [-0.15, -0.1) is 0 Å². The van der Waals surface area contributed by atoms with Crippen LogP contribution >= 0.6 is 11.6 Å². The number of carbonyl (C=O) groups excluding carboxylic acids is 1. The van der Waals surface area contributed by atoms with Gasteiger partial charge in [0.25, 0.3) is 0 Å². The third-order valence-electron chi connectivity index (χ3n) is 1.69. The van der Waals surface area contributed by atoms with Crippen LogP contribution in [-0.4, -0.2) is 22.5 Å². The van der Waals surface area contributed by atoms with E-state index in [9.17, 15) is 4.79 Å². The smallest absolute Gasteiger partial charge is 0.310 e. The van der Waals surface area contributed by atoms with Crippen molar-refractivity contribution in [2.24, 2.45) is 0 Å². The highest BCUT2D eigenvalue weighted by Gasteiger charge is 2.08. The molecule has 0 aromatic carbocycles.